The fourth-order valence-corrected chi connectivity index (χ4v) is 2.78. The van der Waals surface area contributed by atoms with Gasteiger partial charge in [0, 0.05) is 0 Å². The van der Waals surface area contributed by atoms with E-state index in [9.17, 15) is 35.9 Å². The van der Waals surface area contributed by atoms with Gasteiger partial charge in [-0.3, -0.25) is 0 Å². The maximum Gasteiger partial charge on any atom is 0.425 e. The van der Waals surface area contributed by atoms with E-state index in [0.29, 0.717) is 6.42 Å². The molecule has 0 saturated carbocycles. The molecule has 182 valence electrons. The molecule has 32 heavy (non-hydrogen) atoms. The minimum Gasteiger partial charge on any atom is -0.462 e. The van der Waals surface area contributed by atoms with Gasteiger partial charge >= 0.3 is 24.0 Å². The summed E-state index contributed by atoms with van der Waals surface area (Å²) in [5.74, 6) is -6.93. The van der Waals surface area contributed by atoms with E-state index in [0.717, 1.165) is 31.4 Å². The number of hydrogen-bond donors (Lipinski definition) is 0. The number of benzene rings is 1. The molecule has 1 unspecified atom stereocenters. The van der Waals surface area contributed by atoms with Crippen LogP contribution in [0, 0.1) is 0 Å². The largest absolute Gasteiger partial charge is 0.462 e. The van der Waals surface area contributed by atoms with Gasteiger partial charge in [-0.1, -0.05) is 51.9 Å². The lowest BCUT2D eigenvalue weighted by Crippen LogP contribution is -2.45. The molecule has 0 aromatic heterocycles. The minimum atomic E-state index is -5.79. The zero-order chi connectivity index (χ0) is 24.2. The second-order valence-corrected chi connectivity index (χ2v) is 7.43. The smallest absolute Gasteiger partial charge is 0.425 e. The van der Waals surface area contributed by atoms with E-state index < -0.39 is 36.8 Å². The highest BCUT2D eigenvalue weighted by Crippen LogP contribution is 2.35. The SMILES string of the molecule is CCCCCCCCCCOC(=O)c1ccc(C(=O)OCC(F)(F)C(F)C(F)(F)F)cc1. The number of carbonyl (C=O) groups is 2. The van der Waals surface area contributed by atoms with Crippen LogP contribution < -0.4 is 0 Å². The van der Waals surface area contributed by atoms with Crippen LogP contribution in [-0.2, 0) is 9.47 Å². The fraction of sp³-hybridized carbons (Fsp3) is 0.636. The summed E-state index contributed by atoms with van der Waals surface area (Å²) in [6.45, 7) is 0.310. The zero-order valence-electron chi connectivity index (χ0n) is 17.9. The van der Waals surface area contributed by atoms with Gasteiger partial charge in [-0.2, -0.15) is 22.0 Å². The van der Waals surface area contributed by atoms with Gasteiger partial charge in [0.15, 0.2) is 6.61 Å². The topological polar surface area (TPSA) is 52.6 Å². The lowest BCUT2D eigenvalue weighted by molar-refractivity contribution is -0.251. The molecule has 0 heterocycles. The number of carbonyl (C=O) groups excluding carboxylic acids is 2. The first-order chi connectivity index (χ1) is 15.0. The maximum absolute atomic E-state index is 13.2. The summed E-state index contributed by atoms with van der Waals surface area (Å²) in [5.41, 5.74) is -0.185. The van der Waals surface area contributed by atoms with Crippen molar-refractivity contribution in [3.8, 4) is 0 Å². The van der Waals surface area contributed by atoms with E-state index in [1.165, 1.54) is 37.8 Å². The Labute approximate surface area is 183 Å². The van der Waals surface area contributed by atoms with Crippen molar-refractivity contribution in [2.24, 2.45) is 0 Å². The van der Waals surface area contributed by atoms with Crippen molar-refractivity contribution in [1.29, 1.82) is 0 Å². The minimum absolute atomic E-state index is 0.104. The third-order valence-corrected chi connectivity index (χ3v) is 4.64. The molecular formula is C22H28F6O4. The standard InChI is InChI=1S/C22H28F6O4/c1-2-3-4-5-6-7-8-9-14-31-18(29)16-10-12-17(13-11-16)19(30)32-15-21(24,25)20(23)22(26,27)28/h10-13,20H,2-9,14-15H2,1H3. The molecule has 10 heteroatoms. The van der Waals surface area contributed by atoms with Crippen molar-refractivity contribution in [2.75, 3.05) is 13.2 Å². The van der Waals surface area contributed by atoms with Crippen molar-refractivity contribution in [3.05, 3.63) is 35.4 Å². The molecule has 0 aliphatic carbocycles. The van der Waals surface area contributed by atoms with Crippen molar-refractivity contribution < 1.29 is 45.4 Å². The van der Waals surface area contributed by atoms with Crippen LogP contribution in [0.5, 0.6) is 0 Å². The number of esters is 2. The van der Waals surface area contributed by atoms with Crippen molar-refractivity contribution in [2.45, 2.75) is 76.6 Å². The first-order valence-electron chi connectivity index (χ1n) is 10.5. The molecule has 1 aromatic carbocycles. The predicted octanol–water partition coefficient (Wildman–Crippen LogP) is 6.68. The van der Waals surface area contributed by atoms with E-state index in [1.807, 2.05) is 0 Å². The summed E-state index contributed by atoms with van der Waals surface area (Å²) in [6.07, 6.45) is -1.56. The number of unbranched alkanes of at least 4 members (excludes halogenated alkanes) is 7. The first-order valence-corrected chi connectivity index (χ1v) is 10.5. The Hall–Kier alpha value is -2.26. The van der Waals surface area contributed by atoms with Crippen LogP contribution in [0.25, 0.3) is 0 Å². The van der Waals surface area contributed by atoms with Crippen LogP contribution >= 0.6 is 0 Å². The Morgan fingerprint density at radius 1 is 0.781 bits per heavy atom. The van der Waals surface area contributed by atoms with Gasteiger partial charge in [0.1, 0.15) is 0 Å². The van der Waals surface area contributed by atoms with Crippen LogP contribution in [0.4, 0.5) is 26.3 Å². The molecule has 0 amide bonds. The van der Waals surface area contributed by atoms with Gasteiger partial charge in [0.25, 0.3) is 6.17 Å². The third-order valence-electron chi connectivity index (χ3n) is 4.64. The van der Waals surface area contributed by atoms with Gasteiger partial charge in [-0.25, -0.2) is 14.0 Å². The fourth-order valence-electron chi connectivity index (χ4n) is 2.78. The zero-order valence-corrected chi connectivity index (χ0v) is 17.9. The van der Waals surface area contributed by atoms with Gasteiger partial charge in [0.2, 0.25) is 0 Å². The van der Waals surface area contributed by atoms with Gasteiger partial charge in [0.05, 0.1) is 17.7 Å². The van der Waals surface area contributed by atoms with Crippen LogP contribution in [0.1, 0.15) is 79.0 Å². The summed E-state index contributed by atoms with van der Waals surface area (Å²) in [5, 5.41) is 0. The van der Waals surface area contributed by atoms with Gasteiger partial charge < -0.3 is 9.47 Å². The first kappa shape index (κ1) is 27.8. The van der Waals surface area contributed by atoms with Gasteiger partial charge in [-0.15, -0.1) is 0 Å². The molecule has 1 atom stereocenters. The summed E-state index contributed by atoms with van der Waals surface area (Å²) < 4.78 is 84.6. The number of halogens is 6. The summed E-state index contributed by atoms with van der Waals surface area (Å²) in [6, 6.07) is 4.53. The van der Waals surface area contributed by atoms with Crippen LogP contribution in [0.2, 0.25) is 0 Å². The molecule has 0 aliphatic rings. The van der Waals surface area contributed by atoms with Crippen molar-refractivity contribution >= 4 is 11.9 Å². The highest BCUT2D eigenvalue weighted by atomic mass is 19.4. The van der Waals surface area contributed by atoms with Crippen LogP contribution in [0.15, 0.2) is 24.3 Å². The summed E-state index contributed by atoms with van der Waals surface area (Å²) >= 11 is 0. The molecule has 0 bridgehead atoms. The molecular weight excluding hydrogens is 442 g/mol. The Morgan fingerprint density at radius 2 is 1.22 bits per heavy atom. The highest BCUT2D eigenvalue weighted by molar-refractivity contribution is 5.93. The Kier molecular flexibility index (Phi) is 11.6. The quantitative estimate of drug-likeness (QED) is 0.173. The van der Waals surface area contributed by atoms with E-state index in [-0.39, 0.29) is 17.7 Å². The molecule has 0 aliphatic heterocycles. The Bertz CT molecular complexity index is 703. The number of hydrogen-bond acceptors (Lipinski definition) is 4. The van der Waals surface area contributed by atoms with E-state index in [1.54, 1.807) is 0 Å². The average molecular weight is 470 g/mol. The molecule has 0 N–H and O–H groups in total. The summed E-state index contributed by atoms with van der Waals surface area (Å²) in [7, 11) is 0. The molecule has 0 radical (unpaired) electrons. The van der Waals surface area contributed by atoms with Crippen LogP contribution in [0.3, 0.4) is 0 Å². The molecule has 0 spiro atoms. The van der Waals surface area contributed by atoms with Crippen molar-refractivity contribution in [3.63, 3.8) is 0 Å². The van der Waals surface area contributed by atoms with E-state index in [4.69, 9.17) is 4.74 Å². The Balaban J connectivity index is 2.38. The van der Waals surface area contributed by atoms with E-state index in [2.05, 4.69) is 11.7 Å². The second-order valence-electron chi connectivity index (χ2n) is 7.43. The Morgan fingerprint density at radius 3 is 1.69 bits per heavy atom. The predicted molar refractivity (Wildman–Crippen MR) is 106 cm³/mol. The second kappa shape index (κ2) is 13.3. The number of ether oxygens (including phenoxy) is 2. The summed E-state index contributed by atoms with van der Waals surface area (Å²) in [4.78, 5) is 23.7. The molecule has 1 rings (SSSR count). The van der Waals surface area contributed by atoms with Crippen LogP contribution in [-0.4, -0.2) is 43.4 Å². The normalized spacial score (nSPS) is 13.0. The highest BCUT2D eigenvalue weighted by Gasteiger charge is 2.57. The lowest BCUT2D eigenvalue weighted by atomic mass is 10.1. The number of rotatable bonds is 14. The monoisotopic (exact) mass is 470 g/mol. The number of alkyl halides is 6. The molecule has 1 aromatic rings. The molecule has 0 fully saturated rings. The van der Waals surface area contributed by atoms with E-state index >= 15 is 0 Å². The van der Waals surface area contributed by atoms with Crippen molar-refractivity contribution in [1.82, 2.24) is 0 Å². The average Bonchev–Trinajstić information content (AvgIpc) is 2.75. The van der Waals surface area contributed by atoms with Gasteiger partial charge in [-0.05, 0) is 30.7 Å². The third kappa shape index (κ3) is 9.91. The maximum atomic E-state index is 13.2. The molecule has 4 nitrogen and oxygen atoms in total. The molecule has 0 saturated heterocycles. The lowest BCUT2D eigenvalue weighted by Gasteiger charge is -2.22.